The summed E-state index contributed by atoms with van der Waals surface area (Å²) < 4.78 is 71.1. The first-order chi connectivity index (χ1) is 50.7. The van der Waals surface area contributed by atoms with E-state index in [9.17, 15) is 18.4 Å². The molecule has 2 amide bonds. The van der Waals surface area contributed by atoms with Crippen LogP contribution in [0.1, 0.15) is 69.2 Å². The largest absolute Gasteiger partial charge is 0.498 e. The van der Waals surface area contributed by atoms with Crippen molar-refractivity contribution in [1.82, 2.24) is 78.5 Å². The van der Waals surface area contributed by atoms with Crippen LogP contribution in [0.3, 0.4) is 0 Å². The van der Waals surface area contributed by atoms with E-state index in [2.05, 4.69) is 91.9 Å². The molecule has 15 rings (SSSR count). The first-order valence-corrected chi connectivity index (χ1v) is 37.6. The zero-order chi connectivity index (χ0) is 74.5. The molecule has 28 nitrogen and oxygen atoms in total. The number of morpholine rings is 2. The molecule has 2 atom stereocenters. The minimum absolute atomic E-state index is 0.146. The maximum Gasteiger partial charge on any atom is 0.498 e. The van der Waals surface area contributed by atoms with Gasteiger partial charge in [0.1, 0.15) is 46.5 Å². The van der Waals surface area contributed by atoms with Gasteiger partial charge >= 0.3 is 19.3 Å². The molecule has 0 saturated carbocycles. The third kappa shape index (κ3) is 18.7. The normalized spacial score (nSPS) is 18.4. The zero-order valence-electron chi connectivity index (χ0n) is 60.9. The number of carbonyl (C=O) groups excluding carboxylic acids is 2. The molecule has 0 bridgehead atoms. The number of piperazine rings is 2. The third-order valence-corrected chi connectivity index (χ3v) is 20.8. The number of aromatic nitrogens is 14. The smallest absolute Gasteiger partial charge is 0.444 e. The molecular weight excluding hydrogens is 1470 g/mol. The Labute approximate surface area is 630 Å². The summed E-state index contributed by atoms with van der Waals surface area (Å²) >= 11 is 6.13. The maximum atomic E-state index is 14.0. The van der Waals surface area contributed by atoms with Gasteiger partial charge in [-0.05, 0) is 122 Å². The first-order valence-electron chi connectivity index (χ1n) is 35.1. The van der Waals surface area contributed by atoms with E-state index in [1.165, 1.54) is 35.7 Å². The van der Waals surface area contributed by atoms with E-state index >= 15 is 0 Å². The van der Waals surface area contributed by atoms with Crippen LogP contribution in [-0.4, -0.2) is 224 Å². The number of halogens is 3. The zero-order valence-corrected chi connectivity index (χ0v) is 64.1. The summed E-state index contributed by atoms with van der Waals surface area (Å²) in [5.74, 6) is 2.62. The van der Waals surface area contributed by atoms with Gasteiger partial charge in [0.05, 0.1) is 69.0 Å². The minimum Gasteiger partial charge on any atom is -0.444 e. The van der Waals surface area contributed by atoms with E-state index < -0.39 is 18.3 Å². The number of anilines is 4. The Balaban J connectivity index is 0.000000149. The van der Waals surface area contributed by atoms with E-state index in [1.807, 2.05) is 137 Å². The predicted octanol–water partition coefficient (Wildman–Crippen LogP) is 10.4. The molecule has 0 spiro atoms. The number of benzene rings is 2. The summed E-state index contributed by atoms with van der Waals surface area (Å²) in [4.78, 5) is 67.0. The molecule has 10 aromatic rings. The van der Waals surface area contributed by atoms with Gasteiger partial charge in [-0.1, -0.05) is 47.8 Å². The fourth-order valence-electron chi connectivity index (χ4n) is 12.3. The van der Waals surface area contributed by atoms with Gasteiger partial charge < -0.3 is 57.7 Å². The van der Waals surface area contributed by atoms with Crippen LogP contribution < -0.4 is 25.1 Å². The van der Waals surface area contributed by atoms with Crippen molar-refractivity contribution in [3.8, 4) is 11.1 Å². The van der Waals surface area contributed by atoms with Crippen molar-refractivity contribution >= 4 is 98.8 Å². The molecule has 5 aliphatic heterocycles. The standard InChI is InChI=1S/C33H37FN10O3S.C20H17BrFN7S.C19H32BN3O5/c1-33(2,3)47-32(45)42-12-13-46-25(20-42)21-43-18-24(15-38-43)23-14-28-30(37-22-39-44(28)19-23)40-8-10-41(11-9-40)31-35-16-26(17-36-31)48-29-7-5-4-6-27(29)34;21-14-9-17-19(25-13-26-29(17)12-14)27-5-7-28(8-6-27)20-23-10-15(11-24-20)30-18-4-2-1-3-16(18)22;1-17(2,3)26-16(24)22-8-9-25-15(12-22)13-23-11-14(10-21-23)20-27-18(4,5)19(6,7)28-20/h4-7,14-19,22,25H,8-13,20-21H2,1-3H3;1-4,9-13H,5-8H2;10-11,15H,8-9,12-13H2,1-7H3/t25-;;15-/m0.0/s1. The van der Waals surface area contributed by atoms with Gasteiger partial charge in [-0.3, -0.25) is 9.36 Å². The summed E-state index contributed by atoms with van der Waals surface area (Å²) in [7, 11) is -0.440. The van der Waals surface area contributed by atoms with Crippen LogP contribution in [0.4, 0.5) is 41.9 Å². The number of fused-ring (bicyclic) bond motifs is 2. The molecule has 2 aromatic carbocycles. The van der Waals surface area contributed by atoms with E-state index in [0.29, 0.717) is 74.2 Å². The summed E-state index contributed by atoms with van der Waals surface area (Å²) in [5, 5.41) is 17.7. The quantitative estimate of drug-likeness (QED) is 0.0917. The third-order valence-electron chi connectivity index (χ3n) is 18.3. The lowest BCUT2D eigenvalue weighted by atomic mass is 9.82. The van der Waals surface area contributed by atoms with Crippen molar-refractivity contribution in [2.45, 2.75) is 137 Å². The Morgan fingerprint density at radius 1 is 0.538 bits per heavy atom. The fraction of sp³-hybridized carbons (Fsp3) is 0.444. The lowest BCUT2D eigenvalue weighted by Crippen LogP contribution is -2.48. The molecule has 0 unspecified atom stereocenters. The Morgan fingerprint density at radius 3 is 1.44 bits per heavy atom. The van der Waals surface area contributed by atoms with Gasteiger partial charge in [-0.15, -0.1) is 0 Å². The topological polar surface area (TPSA) is 257 Å². The number of nitrogens with zero attached hydrogens (tertiary/aromatic N) is 20. The van der Waals surface area contributed by atoms with Crippen molar-refractivity contribution < 1.29 is 46.6 Å². The molecule has 34 heteroatoms. The highest BCUT2D eigenvalue weighted by atomic mass is 79.9. The van der Waals surface area contributed by atoms with Crippen LogP contribution in [0, 0.1) is 11.6 Å². The Morgan fingerprint density at radius 2 is 0.972 bits per heavy atom. The van der Waals surface area contributed by atoms with Gasteiger partial charge in [0.25, 0.3) is 0 Å². The highest BCUT2D eigenvalue weighted by molar-refractivity contribution is 9.10. The van der Waals surface area contributed by atoms with Crippen molar-refractivity contribution in [1.29, 1.82) is 0 Å². The predicted molar refractivity (Wildman–Crippen MR) is 402 cm³/mol. The second-order valence-electron chi connectivity index (χ2n) is 29.0. The lowest BCUT2D eigenvalue weighted by Gasteiger charge is -2.35. The monoisotopic (exact) mass is 1550 g/mol. The SMILES string of the molecule is CC(C)(C)OC(=O)N1CCO[C@H](Cn2cc(-c3cc4c(N5CCN(c6ncc(Sc7ccccc7F)cn6)CC5)ncnn4c3)cn2)C1.CC(C)(C)OC(=O)N1CCO[C@H](Cn2cc(B3OC(C)(C)C(C)(C)O3)cn2)C1.Fc1ccccc1Sc1cnc(N2CCN(c3ncnn4cc(Br)cc34)CC2)nc1. The van der Waals surface area contributed by atoms with E-state index in [4.69, 9.17) is 28.3 Å². The van der Waals surface area contributed by atoms with E-state index in [1.54, 1.807) is 77.7 Å². The molecule has 0 radical (unpaired) electrons. The van der Waals surface area contributed by atoms with Crippen LogP contribution in [0.15, 0.2) is 159 Å². The number of rotatable bonds is 14. The second-order valence-corrected chi connectivity index (χ2v) is 32.2. The molecule has 5 saturated heterocycles. The molecule has 8 aromatic heterocycles. The number of ether oxygens (including phenoxy) is 4. The van der Waals surface area contributed by atoms with Gasteiger partial charge in [-0.25, -0.2) is 57.3 Å². The van der Waals surface area contributed by atoms with Crippen LogP contribution in [0.25, 0.3) is 22.2 Å². The highest BCUT2D eigenvalue weighted by Gasteiger charge is 2.52. The van der Waals surface area contributed by atoms with Gasteiger partial charge in [0.15, 0.2) is 11.6 Å². The molecule has 5 aliphatic rings. The van der Waals surface area contributed by atoms with Crippen molar-refractivity contribution in [2.75, 3.05) is 111 Å². The van der Waals surface area contributed by atoms with Crippen molar-refractivity contribution in [2.24, 2.45) is 0 Å². The second kappa shape index (κ2) is 32.2. The molecular formula is C72H86BBrF2N20O8S2. The molecule has 106 heavy (non-hydrogen) atoms. The van der Waals surface area contributed by atoms with Crippen LogP contribution in [0.2, 0.25) is 0 Å². The summed E-state index contributed by atoms with van der Waals surface area (Å²) in [5.41, 5.74) is 2.85. The molecule has 5 fully saturated rings. The van der Waals surface area contributed by atoms with Crippen LogP contribution in [0.5, 0.6) is 0 Å². The first kappa shape index (κ1) is 75.2. The average molecular weight is 1550 g/mol. The number of hydrogen-bond acceptors (Lipinski definition) is 24. The van der Waals surface area contributed by atoms with Gasteiger partial charge in [-0.2, -0.15) is 20.4 Å². The number of carbonyl (C=O) groups is 2. The fourth-order valence-corrected chi connectivity index (χ4v) is 14.3. The van der Waals surface area contributed by atoms with Gasteiger partial charge in [0.2, 0.25) is 11.9 Å². The lowest BCUT2D eigenvalue weighted by molar-refractivity contribution is -0.0484. The maximum absolute atomic E-state index is 14.0. The van der Waals surface area contributed by atoms with Crippen molar-refractivity contribution in [3.63, 3.8) is 0 Å². The van der Waals surface area contributed by atoms with Crippen molar-refractivity contribution in [3.05, 3.63) is 151 Å². The average Bonchev–Trinajstić information content (AvgIpc) is 1.62. The Kier molecular flexibility index (Phi) is 22.8. The Hall–Kier alpha value is -9.06. The molecule has 0 aliphatic carbocycles. The van der Waals surface area contributed by atoms with Gasteiger partial charge in [0, 0.05) is 162 Å². The van der Waals surface area contributed by atoms with E-state index in [0.717, 1.165) is 106 Å². The number of amides is 2. The summed E-state index contributed by atoms with van der Waals surface area (Å²) in [6.07, 6.45) is 20.6. The molecule has 0 N–H and O–H groups in total. The van der Waals surface area contributed by atoms with E-state index in [-0.39, 0.29) is 47.2 Å². The Bertz CT molecular complexity index is 4640. The van der Waals surface area contributed by atoms with Crippen LogP contribution in [-0.2, 0) is 41.3 Å². The highest BCUT2D eigenvalue weighted by Crippen LogP contribution is 2.37. The molecule has 558 valence electrons. The summed E-state index contributed by atoms with van der Waals surface area (Å²) in [6.45, 7) is 29.4. The molecule has 13 heterocycles. The summed E-state index contributed by atoms with van der Waals surface area (Å²) in [6, 6.07) is 17.5. The minimum atomic E-state index is -0.545. The number of hydrogen-bond donors (Lipinski definition) is 0. The van der Waals surface area contributed by atoms with Crippen LogP contribution >= 0.6 is 39.5 Å².